The Labute approximate surface area is 243 Å². The molecule has 7 nitrogen and oxygen atoms in total. The monoisotopic (exact) mass is 603 g/mol. The zero-order chi connectivity index (χ0) is 30.1. The van der Waals surface area contributed by atoms with Gasteiger partial charge in [0, 0.05) is 0 Å². The number of hydrogen-bond donors (Lipinski definition) is 1. The van der Waals surface area contributed by atoms with Gasteiger partial charge in [-0.2, -0.15) is 13.2 Å². The summed E-state index contributed by atoms with van der Waals surface area (Å²) < 4.78 is 86.8. The van der Waals surface area contributed by atoms with Crippen LogP contribution in [0.5, 0.6) is 17.2 Å². The van der Waals surface area contributed by atoms with Crippen molar-refractivity contribution in [1.82, 2.24) is 0 Å². The van der Waals surface area contributed by atoms with E-state index in [2.05, 4.69) is 6.92 Å². The van der Waals surface area contributed by atoms with Crippen LogP contribution >= 0.6 is 0 Å². The van der Waals surface area contributed by atoms with E-state index in [1.807, 2.05) is 24.3 Å². The molecule has 1 saturated heterocycles. The SMILES string of the molecule is CCCCOc1ccc(C2=C(c3ccc(O)cc3)C3OC2CC3S(=O)(=O)N(CC(F)(F)F)c2ccc(OC)cc2)cc1. The van der Waals surface area contributed by atoms with Crippen LogP contribution in [0.15, 0.2) is 72.8 Å². The predicted octanol–water partition coefficient (Wildman–Crippen LogP) is 6.43. The lowest BCUT2D eigenvalue weighted by Gasteiger charge is -2.32. The van der Waals surface area contributed by atoms with Gasteiger partial charge in [-0.05, 0) is 83.6 Å². The van der Waals surface area contributed by atoms with Crippen LogP contribution in [0.4, 0.5) is 18.9 Å². The predicted molar refractivity (Wildman–Crippen MR) is 154 cm³/mol. The summed E-state index contributed by atoms with van der Waals surface area (Å²) >= 11 is 0. The molecule has 2 aliphatic rings. The molecule has 1 N–H and O–H groups in total. The van der Waals surface area contributed by atoms with Gasteiger partial charge in [-0.15, -0.1) is 0 Å². The highest BCUT2D eigenvalue weighted by molar-refractivity contribution is 7.93. The van der Waals surface area contributed by atoms with E-state index in [4.69, 9.17) is 14.2 Å². The van der Waals surface area contributed by atoms with Gasteiger partial charge in [0.05, 0.1) is 25.5 Å². The molecular formula is C31H32F3NO6S. The lowest BCUT2D eigenvalue weighted by Crippen LogP contribution is -2.47. The summed E-state index contributed by atoms with van der Waals surface area (Å²) in [6.45, 7) is 0.985. The number of hydrogen-bond acceptors (Lipinski definition) is 6. The van der Waals surface area contributed by atoms with Crippen LogP contribution in [-0.2, 0) is 14.8 Å². The summed E-state index contributed by atoms with van der Waals surface area (Å²) in [5.74, 6) is 1.11. The number of phenols is 1. The number of fused-ring (bicyclic) bond motifs is 2. The molecule has 3 atom stereocenters. The molecule has 0 spiro atoms. The maximum atomic E-state index is 14.0. The Morgan fingerprint density at radius 1 is 0.929 bits per heavy atom. The van der Waals surface area contributed by atoms with E-state index in [0.717, 1.165) is 24.0 Å². The number of alkyl halides is 3. The molecule has 224 valence electrons. The van der Waals surface area contributed by atoms with Crippen molar-refractivity contribution in [3.63, 3.8) is 0 Å². The van der Waals surface area contributed by atoms with Crippen molar-refractivity contribution < 1.29 is 40.9 Å². The number of sulfonamides is 1. The number of anilines is 1. The van der Waals surface area contributed by atoms with Crippen LogP contribution in [0, 0.1) is 0 Å². The number of unbranched alkanes of at least 4 members (excludes halogenated alkanes) is 1. The van der Waals surface area contributed by atoms with E-state index < -0.39 is 40.2 Å². The van der Waals surface area contributed by atoms with Crippen LogP contribution in [0.1, 0.15) is 37.3 Å². The molecule has 0 aliphatic carbocycles. The molecule has 2 aliphatic heterocycles. The quantitative estimate of drug-likeness (QED) is 0.255. The number of benzene rings is 3. The molecule has 3 aromatic rings. The number of nitrogens with zero attached hydrogens (tertiary/aromatic N) is 1. The highest BCUT2D eigenvalue weighted by Gasteiger charge is 2.55. The molecule has 2 heterocycles. The van der Waals surface area contributed by atoms with Crippen LogP contribution in [0.3, 0.4) is 0 Å². The second kappa shape index (κ2) is 11.9. The van der Waals surface area contributed by atoms with Gasteiger partial charge in [-0.3, -0.25) is 4.31 Å². The van der Waals surface area contributed by atoms with Gasteiger partial charge < -0.3 is 19.3 Å². The standard InChI is InChI=1S/C31H32F3NO6S/c1-3-4-17-40-25-13-7-20(8-14-25)28-26-18-27(30(41-26)29(28)21-5-11-23(36)12-6-21)42(37,38)35(19-31(32,33)34)22-9-15-24(39-2)16-10-22/h5-16,26-27,30,36H,3-4,17-19H2,1-2H3. The number of aromatic hydroxyl groups is 1. The van der Waals surface area contributed by atoms with Crippen molar-refractivity contribution in [2.75, 3.05) is 24.6 Å². The molecule has 0 aromatic heterocycles. The Hall–Kier alpha value is -3.70. The van der Waals surface area contributed by atoms with Gasteiger partial charge in [0.2, 0.25) is 10.0 Å². The zero-order valence-corrected chi connectivity index (χ0v) is 24.0. The average molecular weight is 604 g/mol. The minimum atomic E-state index is -4.78. The van der Waals surface area contributed by atoms with E-state index in [9.17, 15) is 26.7 Å². The summed E-state index contributed by atoms with van der Waals surface area (Å²) in [7, 11) is -3.16. The van der Waals surface area contributed by atoms with Crippen LogP contribution in [-0.4, -0.2) is 57.4 Å². The Balaban J connectivity index is 1.54. The molecule has 0 saturated carbocycles. The molecule has 5 rings (SSSR count). The fraction of sp³-hybridized carbons (Fsp3) is 0.355. The molecule has 3 aromatic carbocycles. The average Bonchev–Trinajstić information content (AvgIpc) is 3.57. The minimum Gasteiger partial charge on any atom is -0.508 e. The fourth-order valence-corrected chi connectivity index (χ4v) is 7.47. The Morgan fingerprint density at radius 2 is 1.52 bits per heavy atom. The smallest absolute Gasteiger partial charge is 0.407 e. The third-order valence-corrected chi connectivity index (χ3v) is 9.63. The number of rotatable bonds is 11. The Bertz CT molecular complexity index is 1520. The van der Waals surface area contributed by atoms with E-state index in [1.54, 1.807) is 12.1 Å². The van der Waals surface area contributed by atoms with Crippen LogP contribution in [0.2, 0.25) is 0 Å². The van der Waals surface area contributed by atoms with Crippen molar-refractivity contribution in [3.05, 3.63) is 83.9 Å². The highest BCUT2D eigenvalue weighted by Crippen LogP contribution is 2.51. The summed E-state index contributed by atoms with van der Waals surface area (Å²) in [6.07, 6.45) is -4.54. The molecule has 3 unspecified atom stereocenters. The van der Waals surface area contributed by atoms with E-state index in [1.165, 1.54) is 43.5 Å². The van der Waals surface area contributed by atoms with Gasteiger partial charge in [0.25, 0.3) is 0 Å². The topological polar surface area (TPSA) is 85.3 Å². The third-order valence-electron chi connectivity index (χ3n) is 7.47. The second-order valence-electron chi connectivity index (χ2n) is 10.3. The Kier molecular flexibility index (Phi) is 8.43. The van der Waals surface area contributed by atoms with Gasteiger partial charge in [0.1, 0.15) is 35.1 Å². The molecule has 0 amide bonds. The van der Waals surface area contributed by atoms with Gasteiger partial charge >= 0.3 is 6.18 Å². The van der Waals surface area contributed by atoms with E-state index >= 15 is 0 Å². The number of halogens is 3. The first kappa shape index (κ1) is 29.8. The number of methoxy groups -OCH3 is 1. The second-order valence-corrected chi connectivity index (χ2v) is 12.4. The first-order valence-corrected chi connectivity index (χ1v) is 15.2. The summed E-state index contributed by atoms with van der Waals surface area (Å²) in [4.78, 5) is 0. The molecular weight excluding hydrogens is 571 g/mol. The molecule has 11 heteroatoms. The number of ether oxygens (including phenoxy) is 3. The van der Waals surface area contributed by atoms with Gasteiger partial charge in [-0.25, -0.2) is 8.42 Å². The maximum Gasteiger partial charge on any atom is 0.407 e. The maximum absolute atomic E-state index is 14.0. The minimum absolute atomic E-state index is 0.0107. The zero-order valence-electron chi connectivity index (χ0n) is 23.2. The molecule has 42 heavy (non-hydrogen) atoms. The van der Waals surface area contributed by atoms with Crippen molar-refractivity contribution in [2.45, 2.75) is 49.8 Å². The molecule has 1 fully saturated rings. The van der Waals surface area contributed by atoms with Crippen LogP contribution in [0.25, 0.3) is 11.1 Å². The van der Waals surface area contributed by atoms with Crippen LogP contribution < -0.4 is 13.8 Å². The van der Waals surface area contributed by atoms with Gasteiger partial charge in [-0.1, -0.05) is 37.6 Å². The molecule has 0 radical (unpaired) electrons. The third kappa shape index (κ3) is 6.07. The van der Waals surface area contributed by atoms with Crippen molar-refractivity contribution >= 4 is 26.9 Å². The van der Waals surface area contributed by atoms with E-state index in [0.29, 0.717) is 33.5 Å². The molecule has 2 bridgehead atoms. The van der Waals surface area contributed by atoms with Crippen molar-refractivity contribution in [3.8, 4) is 17.2 Å². The first-order valence-electron chi connectivity index (χ1n) is 13.7. The summed E-state index contributed by atoms with van der Waals surface area (Å²) in [6, 6.07) is 19.1. The largest absolute Gasteiger partial charge is 0.508 e. The number of phenolic OH excluding ortho intramolecular Hbond substituents is 1. The first-order chi connectivity index (χ1) is 20.0. The fourth-order valence-electron chi connectivity index (χ4n) is 5.47. The Morgan fingerprint density at radius 3 is 2.12 bits per heavy atom. The van der Waals surface area contributed by atoms with Crippen molar-refractivity contribution in [1.29, 1.82) is 0 Å². The highest BCUT2D eigenvalue weighted by atomic mass is 32.2. The van der Waals surface area contributed by atoms with E-state index in [-0.39, 0.29) is 17.9 Å². The van der Waals surface area contributed by atoms with Crippen molar-refractivity contribution in [2.24, 2.45) is 0 Å². The van der Waals surface area contributed by atoms with Gasteiger partial charge in [0.15, 0.2) is 0 Å². The lowest BCUT2D eigenvalue weighted by molar-refractivity contribution is -0.117. The normalized spacial score (nSPS) is 20.2. The summed E-state index contributed by atoms with van der Waals surface area (Å²) in [5, 5.41) is 8.61. The lowest BCUT2D eigenvalue weighted by atomic mass is 9.83. The summed E-state index contributed by atoms with van der Waals surface area (Å²) in [5.41, 5.74) is 2.63.